The molecule has 0 spiro atoms. The van der Waals surface area contributed by atoms with Gasteiger partial charge >= 0.3 is 0 Å². The first kappa shape index (κ1) is 15.3. The molecule has 2 aliphatic rings. The lowest BCUT2D eigenvalue weighted by Crippen LogP contribution is -2.71. The molecule has 3 nitrogen and oxygen atoms in total. The molecule has 1 aliphatic carbocycles. The van der Waals surface area contributed by atoms with Crippen molar-refractivity contribution >= 4 is 0 Å². The van der Waals surface area contributed by atoms with E-state index in [9.17, 15) is 0 Å². The Labute approximate surface area is 119 Å². The summed E-state index contributed by atoms with van der Waals surface area (Å²) in [6.45, 7) is 16.9. The SMILES string of the molecule is CCOC1CC(N2CC(C)(C)NCC2CC)C1(C)C. The predicted octanol–water partition coefficient (Wildman–Crippen LogP) is 2.65. The molecule has 3 heteroatoms. The van der Waals surface area contributed by atoms with Crippen LogP contribution in [0, 0.1) is 5.41 Å². The monoisotopic (exact) mass is 268 g/mol. The van der Waals surface area contributed by atoms with Crippen molar-refractivity contribution in [2.45, 2.75) is 78.1 Å². The molecular weight excluding hydrogens is 236 g/mol. The van der Waals surface area contributed by atoms with Gasteiger partial charge in [0.05, 0.1) is 6.10 Å². The van der Waals surface area contributed by atoms with Gasteiger partial charge in [0.1, 0.15) is 0 Å². The Morgan fingerprint density at radius 3 is 2.42 bits per heavy atom. The van der Waals surface area contributed by atoms with Crippen molar-refractivity contribution in [2.75, 3.05) is 19.7 Å². The zero-order valence-corrected chi connectivity index (χ0v) is 13.6. The molecule has 0 aromatic rings. The van der Waals surface area contributed by atoms with Crippen LogP contribution in [-0.4, -0.2) is 48.3 Å². The van der Waals surface area contributed by atoms with Gasteiger partial charge in [0.25, 0.3) is 0 Å². The van der Waals surface area contributed by atoms with Crippen LogP contribution in [0.4, 0.5) is 0 Å². The molecule has 0 aromatic heterocycles. The molecule has 1 saturated carbocycles. The van der Waals surface area contributed by atoms with Crippen LogP contribution in [0.3, 0.4) is 0 Å². The molecule has 2 fully saturated rings. The zero-order chi connectivity index (χ0) is 14.3. The number of hydrogen-bond donors (Lipinski definition) is 1. The molecule has 1 N–H and O–H groups in total. The van der Waals surface area contributed by atoms with E-state index in [1.54, 1.807) is 0 Å². The summed E-state index contributed by atoms with van der Waals surface area (Å²) in [7, 11) is 0. The summed E-state index contributed by atoms with van der Waals surface area (Å²) >= 11 is 0. The van der Waals surface area contributed by atoms with E-state index < -0.39 is 0 Å². The second-order valence-electron chi connectivity index (χ2n) is 7.52. The fourth-order valence-electron chi connectivity index (χ4n) is 3.81. The van der Waals surface area contributed by atoms with Crippen LogP contribution in [-0.2, 0) is 4.74 Å². The smallest absolute Gasteiger partial charge is 0.0655 e. The highest BCUT2D eigenvalue weighted by atomic mass is 16.5. The van der Waals surface area contributed by atoms with E-state index in [0.717, 1.165) is 19.7 Å². The topological polar surface area (TPSA) is 24.5 Å². The summed E-state index contributed by atoms with van der Waals surface area (Å²) in [5.41, 5.74) is 0.523. The molecule has 1 aliphatic heterocycles. The number of piperazine rings is 1. The van der Waals surface area contributed by atoms with Crippen molar-refractivity contribution in [3.05, 3.63) is 0 Å². The van der Waals surface area contributed by atoms with Gasteiger partial charge in [-0.2, -0.15) is 0 Å². The first-order valence-corrected chi connectivity index (χ1v) is 7.94. The van der Waals surface area contributed by atoms with Crippen LogP contribution >= 0.6 is 0 Å². The average Bonchev–Trinajstić information content (AvgIpc) is 2.33. The maximum absolute atomic E-state index is 5.89. The lowest BCUT2D eigenvalue weighted by Gasteiger charge is -2.60. The molecule has 0 radical (unpaired) electrons. The van der Waals surface area contributed by atoms with E-state index in [1.165, 1.54) is 12.8 Å². The quantitative estimate of drug-likeness (QED) is 0.848. The molecule has 112 valence electrons. The van der Waals surface area contributed by atoms with Crippen LogP contribution in [0.1, 0.15) is 54.4 Å². The first-order valence-electron chi connectivity index (χ1n) is 7.94. The average molecular weight is 268 g/mol. The number of hydrogen-bond acceptors (Lipinski definition) is 3. The third-order valence-electron chi connectivity index (χ3n) is 5.23. The highest BCUT2D eigenvalue weighted by Crippen LogP contribution is 2.47. The van der Waals surface area contributed by atoms with E-state index >= 15 is 0 Å². The Bertz CT molecular complexity index is 314. The normalized spacial score (nSPS) is 37.9. The molecule has 0 bridgehead atoms. The minimum Gasteiger partial charge on any atom is -0.378 e. The van der Waals surface area contributed by atoms with E-state index in [1.807, 2.05) is 0 Å². The van der Waals surface area contributed by atoms with Crippen LogP contribution < -0.4 is 5.32 Å². The van der Waals surface area contributed by atoms with E-state index in [2.05, 4.69) is 51.8 Å². The van der Waals surface area contributed by atoms with Gasteiger partial charge < -0.3 is 10.1 Å². The molecule has 0 aromatic carbocycles. The molecule has 19 heavy (non-hydrogen) atoms. The highest BCUT2D eigenvalue weighted by molar-refractivity contribution is 5.07. The van der Waals surface area contributed by atoms with Gasteiger partial charge in [-0.1, -0.05) is 20.8 Å². The summed E-state index contributed by atoms with van der Waals surface area (Å²) in [5, 5.41) is 3.68. The summed E-state index contributed by atoms with van der Waals surface area (Å²) in [6, 6.07) is 1.36. The largest absolute Gasteiger partial charge is 0.378 e. The minimum atomic E-state index is 0.235. The zero-order valence-electron chi connectivity index (χ0n) is 13.6. The second-order valence-corrected chi connectivity index (χ2v) is 7.52. The maximum Gasteiger partial charge on any atom is 0.0655 e. The van der Waals surface area contributed by atoms with E-state index in [4.69, 9.17) is 4.74 Å². The fourth-order valence-corrected chi connectivity index (χ4v) is 3.81. The minimum absolute atomic E-state index is 0.235. The molecular formula is C16H32N2O. The third kappa shape index (κ3) is 2.84. The van der Waals surface area contributed by atoms with Crippen LogP contribution in [0.25, 0.3) is 0 Å². The molecule has 0 amide bonds. The lowest BCUT2D eigenvalue weighted by atomic mass is 9.63. The molecule has 3 atom stereocenters. The van der Waals surface area contributed by atoms with E-state index in [0.29, 0.717) is 18.2 Å². The summed E-state index contributed by atoms with van der Waals surface area (Å²) in [6.07, 6.45) is 2.88. The van der Waals surface area contributed by atoms with Crippen LogP contribution in [0.15, 0.2) is 0 Å². The van der Waals surface area contributed by atoms with Gasteiger partial charge in [0.2, 0.25) is 0 Å². The van der Waals surface area contributed by atoms with Crippen molar-refractivity contribution in [1.82, 2.24) is 10.2 Å². The Kier molecular flexibility index (Phi) is 4.29. The Morgan fingerprint density at radius 1 is 1.21 bits per heavy atom. The predicted molar refractivity (Wildman–Crippen MR) is 80.5 cm³/mol. The van der Waals surface area contributed by atoms with Crippen LogP contribution in [0.5, 0.6) is 0 Å². The number of nitrogens with one attached hydrogen (secondary N) is 1. The van der Waals surface area contributed by atoms with Crippen molar-refractivity contribution in [3.63, 3.8) is 0 Å². The lowest BCUT2D eigenvalue weighted by molar-refractivity contribution is -0.166. The number of nitrogens with zero attached hydrogens (tertiary/aromatic N) is 1. The summed E-state index contributed by atoms with van der Waals surface area (Å²) in [5.74, 6) is 0. The van der Waals surface area contributed by atoms with Gasteiger partial charge in [0.15, 0.2) is 0 Å². The molecule has 2 rings (SSSR count). The van der Waals surface area contributed by atoms with Gasteiger partial charge in [-0.15, -0.1) is 0 Å². The van der Waals surface area contributed by atoms with Crippen molar-refractivity contribution in [1.29, 1.82) is 0 Å². The third-order valence-corrected chi connectivity index (χ3v) is 5.23. The standard InChI is InChI=1S/C16H32N2O/c1-7-12-10-17-15(3,4)11-18(12)13-9-14(19-8-2)16(13,5)6/h12-14,17H,7-11H2,1-6H3. The Balaban J connectivity index is 2.07. The summed E-state index contributed by atoms with van der Waals surface area (Å²) < 4.78 is 5.89. The number of rotatable bonds is 4. The van der Waals surface area contributed by atoms with E-state index in [-0.39, 0.29) is 11.0 Å². The maximum atomic E-state index is 5.89. The first-order chi connectivity index (χ1) is 8.81. The Hall–Kier alpha value is -0.120. The Morgan fingerprint density at radius 2 is 1.89 bits per heavy atom. The second kappa shape index (κ2) is 5.34. The number of ether oxygens (including phenoxy) is 1. The molecule has 1 saturated heterocycles. The van der Waals surface area contributed by atoms with Gasteiger partial charge in [-0.25, -0.2) is 0 Å². The van der Waals surface area contributed by atoms with Crippen molar-refractivity contribution < 1.29 is 4.74 Å². The van der Waals surface area contributed by atoms with Crippen molar-refractivity contribution in [3.8, 4) is 0 Å². The molecule has 1 heterocycles. The molecule has 3 unspecified atom stereocenters. The highest BCUT2D eigenvalue weighted by Gasteiger charge is 2.53. The summed E-state index contributed by atoms with van der Waals surface area (Å²) in [4.78, 5) is 2.76. The van der Waals surface area contributed by atoms with Gasteiger partial charge in [-0.05, 0) is 33.6 Å². The van der Waals surface area contributed by atoms with Crippen molar-refractivity contribution in [2.24, 2.45) is 5.41 Å². The van der Waals surface area contributed by atoms with Crippen LogP contribution in [0.2, 0.25) is 0 Å². The van der Waals surface area contributed by atoms with Gasteiger partial charge in [-0.3, -0.25) is 4.90 Å². The van der Waals surface area contributed by atoms with Gasteiger partial charge in [0, 0.05) is 42.7 Å². The fraction of sp³-hybridized carbons (Fsp3) is 1.00.